The molecule has 1 rings (SSSR count). The van der Waals surface area contributed by atoms with Crippen LogP contribution in [-0.2, 0) is 4.79 Å². The Bertz CT molecular complexity index is 460. The van der Waals surface area contributed by atoms with Crippen LogP contribution >= 0.6 is 0 Å². The fraction of sp³-hybridized carbons (Fsp3) is 0.467. The predicted molar refractivity (Wildman–Crippen MR) is 77.9 cm³/mol. The van der Waals surface area contributed by atoms with Gasteiger partial charge in [-0.25, -0.2) is 0 Å². The minimum absolute atomic E-state index is 0.0263. The van der Waals surface area contributed by atoms with Gasteiger partial charge in [-0.15, -0.1) is 0 Å². The van der Waals surface area contributed by atoms with Crippen LogP contribution in [0.5, 0.6) is 5.75 Å². The third-order valence-corrected chi connectivity index (χ3v) is 2.96. The zero-order valence-corrected chi connectivity index (χ0v) is 12.3. The Morgan fingerprint density at radius 3 is 2.55 bits per heavy atom. The number of rotatable bonds is 7. The molecule has 110 valence electrons. The first-order valence-electron chi connectivity index (χ1n) is 6.76. The molecular formula is C15H22N2O3. The van der Waals surface area contributed by atoms with E-state index in [1.165, 1.54) is 14.0 Å². The highest BCUT2D eigenvalue weighted by Gasteiger charge is 2.12. The van der Waals surface area contributed by atoms with Gasteiger partial charge in [0.15, 0.2) is 0 Å². The van der Waals surface area contributed by atoms with Gasteiger partial charge in [-0.1, -0.05) is 19.1 Å². The second-order valence-electron chi connectivity index (χ2n) is 4.46. The first-order chi connectivity index (χ1) is 9.60. The van der Waals surface area contributed by atoms with Crippen molar-refractivity contribution in [3.05, 3.63) is 29.8 Å². The summed E-state index contributed by atoms with van der Waals surface area (Å²) in [6, 6.07) is 7.06. The molecule has 0 aliphatic heterocycles. The number of methoxy groups -OCH3 is 1. The van der Waals surface area contributed by atoms with Gasteiger partial charge in [0.2, 0.25) is 5.91 Å². The van der Waals surface area contributed by atoms with Crippen LogP contribution in [0, 0.1) is 0 Å². The molecule has 1 aromatic carbocycles. The van der Waals surface area contributed by atoms with Gasteiger partial charge >= 0.3 is 0 Å². The molecule has 0 saturated carbocycles. The standard InChI is InChI=1S/C15H22N2O3/c1-4-10-17(12(2)18)11-9-16-15(19)13-7-5-6-8-14(13)20-3/h5-8H,4,9-11H2,1-3H3,(H,16,19). The van der Waals surface area contributed by atoms with E-state index in [1.807, 2.05) is 13.0 Å². The molecule has 0 aromatic heterocycles. The topological polar surface area (TPSA) is 58.6 Å². The number of para-hydroxylation sites is 1. The molecule has 0 aliphatic rings. The van der Waals surface area contributed by atoms with Gasteiger partial charge in [-0.3, -0.25) is 9.59 Å². The number of carbonyl (C=O) groups is 2. The van der Waals surface area contributed by atoms with E-state index in [0.29, 0.717) is 30.9 Å². The Morgan fingerprint density at radius 1 is 1.25 bits per heavy atom. The number of nitrogens with one attached hydrogen (secondary N) is 1. The van der Waals surface area contributed by atoms with Crippen molar-refractivity contribution in [2.24, 2.45) is 0 Å². The number of hydrogen-bond acceptors (Lipinski definition) is 3. The van der Waals surface area contributed by atoms with Gasteiger partial charge in [-0.2, -0.15) is 0 Å². The number of nitrogens with zero attached hydrogens (tertiary/aromatic N) is 1. The Labute approximate surface area is 119 Å². The summed E-state index contributed by atoms with van der Waals surface area (Å²) in [5.74, 6) is 0.378. The van der Waals surface area contributed by atoms with Gasteiger partial charge in [0.1, 0.15) is 5.75 Å². The molecule has 0 atom stereocenters. The quantitative estimate of drug-likeness (QED) is 0.825. The first kappa shape index (κ1) is 16.0. The summed E-state index contributed by atoms with van der Waals surface area (Å²) in [6.45, 7) is 5.21. The molecule has 1 N–H and O–H groups in total. The summed E-state index contributed by atoms with van der Waals surface area (Å²) < 4.78 is 5.15. The molecule has 0 bridgehead atoms. The number of amides is 2. The van der Waals surface area contributed by atoms with E-state index >= 15 is 0 Å². The summed E-state index contributed by atoms with van der Waals surface area (Å²) in [4.78, 5) is 25.1. The number of carbonyl (C=O) groups excluding carboxylic acids is 2. The number of ether oxygens (including phenoxy) is 1. The fourth-order valence-electron chi connectivity index (χ4n) is 1.93. The van der Waals surface area contributed by atoms with Crippen molar-refractivity contribution in [1.82, 2.24) is 10.2 Å². The van der Waals surface area contributed by atoms with E-state index in [-0.39, 0.29) is 11.8 Å². The van der Waals surface area contributed by atoms with E-state index in [2.05, 4.69) is 5.32 Å². The maximum Gasteiger partial charge on any atom is 0.255 e. The molecule has 2 amide bonds. The lowest BCUT2D eigenvalue weighted by atomic mass is 10.2. The van der Waals surface area contributed by atoms with Crippen LogP contribution in [0.25, 0.3) is 0 Å². The lowest BCUT2D eigenvalue weighted by Crippen LogP contribution is -2.37. The predicted octanol–water partition coefficient (Wildman–Crippen LogP) is 1.68. The second-order valence-corrected chi connectivity index (χ2v) is 4.46. The van der Waals surface area contributed by atoms with Crippen molar-refractivity contribution in [2.75, 3.05) is 26.7 Å². The molecule has 0 aliphatic carbocycles. The van der Waals surface area contributed by atoms with Gasteiger partial charge in [0, 0.05) is 26.6 Å². The molecule has 0 fully saturated rings. The minimum atomic E-state index is -0.192. The lowest BCUT2D eigenvalue weighted by Gasteiger charge is -2.20. The minimum Gasteiger partial charge on any atom is -0.496 e. The van der Waals surface area contributed by atoms with Crippen molar-refractivity contribution in [2.45, 2.75) is 20.3 Å². The van der Waals surface area contributed by atoms with Crippen LogP contribution < -0.4 is 10.1 Å². The Balaban J connectivity index is 2.53. The molecule has 0 heterocycles. The van der Waals surface area contributed by atoms with Gasteiger partial charge in [0.25, 0.3) is 5.91 Å². The van der Waals surface area contributed by atoms with Crippen LogP contribution in [0.2, 0.25) is 0 Å². The molecule has 0 unspecified atom stereocenters. The maximum absolute atomic E-state index is 12.0. The summed E-state index contributed by atoms with van der Waals surface area (Å²) in [6.07, 6.45) is 0.903. The smallest absolute Gasteiger partial charge is 0.255 e. The van der Waals surface area contributed by atoms with E-state index in [4.69, 9.17) is 4.74 Å². The summed E-state index contributed by atoms with van der Waals surface area (Å²) >= 11 is 0. The maximum atomic E-state index is 12.0. The summed E-state index contributed by atoms with van der Waals surface area (Å²) in [5, 5.41) is 2.80. The van der Waals surface area contributed by atoms with Crippen LogP contribution in [0.4, 0.5) is 0 Å². The highest BCUT2D eigenvalue weighted by Crippen LogP contribution is 2.16. The van der Waals surface area contributed by atoms with E-state index < -0.39 is 0 Å². The Kier molecular flexibility index (Phi) is 6.56. The SMILES string of the molecule is CCCN(CCNC(=O)c1ccccc1OC)C(C)=O. The van der Waals surface area contributed by atoms with Crippen LogP contribution in [0.3, 0.4) is 0 Å². The lowest BCUT2D eigenvalue weighted by molar-refractivity contribution is -0.128. The molecule has 20 heavy (non-hydrogen) atoms. The molecule has 5 nitrogen and oxygen atoms in total. The summed E-state index contributed by atoms with van der Waals surface area (Å²) in [5.41, 5.74) is 0.500. The molecule has 5 heteroatoms. The normalized spacial score (nSPS) is 9.95. The van der Waals surface area contributed by atoms with Crippen LogP contribution in [0.15, 0.2) is 24.3 Å². The Morgan fingerprint density at radius 2 is 1.95 bits per heavy atom. The second kappa shape index (κ2) is 8.19. The molecular weight excluding hydrogens is 256 g/mol. The van der Waals surface area contributed by atoms with Gasteiger partial charge in [0.05, 0.1) is 12.7 Å². The molecule has 0 saturated heterocycles. The monoisotopic (exact) mass is 278 g/mol. The number of benzene rings is 1. The Hall–Kier alpha value is -2.04. The highest BCUT2D eigenvalue weighted by atomic mass is 16.5. The molecule has 0 radical (unpaired) electrons. The zero-order chi connectivity index (χ0) is 15.0. The zero-order valence-electron chi connectivity index (χ0n) is 12.3. The van der Waals surface area contributed by atoms with Crippen molar-refractivity contribution >= 4 is 11.8 Å². The highest BCUT2D eigenvalue weighted by molar-refractivity contribution is 5.96. The van der Waals surface area contributed by atoms with E-state index in [9.17, 15) is 9.59 Å². The van der Waals surface area contributed by atoms with Crippen molar-refractivity contribution in [3.8, 4) is 5.75 Å². The third kappa shape index (κ3) is 4.57. The average Bonchev–Trinajstić information content (AvgIpc) is 2.45. The van der Waals surface area contributed by atoms with Crippen molar-refractivity contribution in [3.63, 3.8) is 0 Å². The van der Waals surface area contributed by atoms with Gasteiger partial charge < -0.3 is 15.0 Å². The summed E-state index contributed by atoms with van der Waals surface area (Å²) in [7, 11) is 1.53. The van der Waals surface area contributed by atoms with E-state index in [0.717, 1.165) is 6.42 Å². The first-order valence-corrected chi connectivity index (χ1v) is 6.76. The van der Waals surface area contributed by atoms with E-state index in [1.54, 1.807) is 23.1 Å². The van der Waals surface area contributed by atoms with Crippen molar-refractivity contribution < 1.29 is 14.3 Å². The van der Waals surface area contributed by atoms with Gasteiger partial charge in [-0.05, 0) is 18.6 Å². The third-order valence-electron chi connectivity index (χ3n) is 2.96. The molecule has 0 spiro atoms. The molecule has 1 aromatic rings. The van der Waals surface area contributed by atoms with Crippen LogP contribution in [0.1, 0.15) is 30.6 Å². The van der Waals surface area contributed by atoms with Crippen molar-refractivity contribution in [1.29, 1.82) is 0 Å². The largest absolute Gasteiger partial charge is 0.496 e. The van der Waals surface area contributed by atoms with Crippen LogP contribution in [-0.4, -0.2) is 43.5 Å². The average molecular weight is 278 g/mol. The fourth-order valence-corrected chi connectivity index (χ4v) is 1.93. The number of hydrogen-bond donors (Lipinski definition) is 1.